The van der Waals surface area contributed by atoms with Gasteiger partial charge in [-0.25, -0.2) is 4.79 Å². The second-order valence-electron chi connectivity index (χ2n) is 4.54. The zero-order valence-electron chi connectivity index (χ0n) is 10.2. The Bertz CT molecular complexity index is 431. The van der Waals surface area contributed by atoms with E-state index in [1.165, 1.54) is 30.4 Å². The molecule has 0 aromatic heterocycles. The quantitative estimate of drug-likeness (QED) is 0.730. The number of anilines is 2. The van der Waals surface area contributed by atoms with Gasteiger partial charge >= 0.3 is 5.97 Å². The van der Waals surface area contributed by atoms with Crippen molar-refractivity contribution in [2.75, 3.05) is 29.1 Å². The van der Waals surface area contributed by atoms with Gasteiger partial charge in [-0.15, -0.1) is 0 Å². The number of nitrogens with two attached hydrogens (primary N) is 1. The zero-order chi connectivity index (χ0) is 13.0. The summed E-state index contributed by atoms with van der Waals surface area (Å²) in [6.07, 6.45) is 2.44. The van der Waals surface area contributed by atoms with Crippen molar-refractivity contribution in [1.82, 2.24) is 0 Å². The second-order valence-corrected chi connectivity index (χ2v) is 5.77. The molecule has 0 unspecified atom stereocenters. The van der Waals surface area contributed by atoms with Gasteiger partial charge in [0.15, 0.2) is 0 Å². The topological polar surface area (TPSA) is 75.4 Å². The van der Waals surface area contributed by atoms with Gasteiger partial charge in [0, 0.05) is 6.54 Å². The minimum Gasteiger partial charge on any atom is -0.478 e. The van der Waals surface area contributed by atoms with Crippen molar-refractivity contribution in [3.8, 4) is 0 Å². The highest BCUT2D eigenvalue weighted by molar-refractivity contribution is 7.99. The lowest BCUT2D eigenvalue weighted by atomic mass is 10.0. The van der Waals surface area contributed by atoms with E-state index >= 15 is 0 Å². The molecule has 0 aliphatic carbocycles. The van der Waals surface area contributed by atoms with Crippen LogP contribution in [0.5, 0.6) is 0 Å². The van der Waals surface area contributed by atoms with Gasteiger partial charge in [-0.05, 0) is 48.5 Å². The molecule has 1 aromatic rings. The highest BCUT2D eigenvalue weighted by Crippen LogP contribution is 2.25. The fourth-order valence-electron chi connectivity index (χ4n) is 2.05. The third-order valence-corrected chi connectivity index (χ3v) is 4.27. The summed E-state index contributed by atoms with van der Waals surface area (Å²) in [4.78, 5) is 10.9. The maximum atomic E-state index is 10.9. The van der Waals surface area contributed by atoms with Gasteiger partial charge in [0.2, 0.25) is 0 Å². The lowest BCUT2D eigenvalue weighted by Crippen LogP contribution is -2.19. The molecule has 0 bridgehead atoms. The van der Waals surface area contributed by atoms with Crippen molar-refractivity contribution in [1.29, 1.82) is 0 Å². The zero-order valence-corrected chi connectivity index (χ0v) is 11.0. The van der Waals surface area contributed by atoms with Gasteiger partial charge in [-0.2, -0.15) is 11.8 Å². The number of benzene rings is 1. The summed E-state index contributed by atoms with van der Waals surface area (Å²) >= 11 is 2.00. The number of hydrogen-bond donors (Lipinski definition) is 3. The summed E-state index contributed by atoms with van der Waals surface area (Å²) in [6.45, 7) is 0.869. The summed E-state index contributed by atoms with van der Waals surface area (Å²) in [5.41, 5.74) is 7.45. The molecule has 0 radical (unpaired) electrons. The molecule has 18 heavy (non-hydrogen) atoms. The number of carbonyl (C=O) groups is 1. The van der Waals surface area contributed by atoms with Gasteiger partial charge in [-0.1, -0.05) is 0 Å². The van der Waals surface area contributed by atoms with E-state index in [-0.39, 0.29) is 5.56 Å². The first kappa shape index (κ1) is 13.1. The molecule has 4 N–H and O–H groups in total. The molecule has 4 nitrogen and oxygen atoms in total. The van der Waals surface area contributed by atoms with Gasteiger partial charge in [0.1, 0.15) is 0 Å². The number of nitrogen functional groups attached to an aromatic ring is 1. The van der Waals surface area contributed by atoms with E-state index in [0.29, 0.717) is 11.6 Å². The van der Waals surface area contributed by atoms with Crippen LogP contribution < -0.4 is 11.1 Å². The van der Waals surface area contributed by atoms with Gasteiger partial charge in [-0.3, -0.25) is 0 Å². The van der Waals surface area contributed by atoms with E-state index in [0.717, 1.165) is 12.2 Å². The summed E-state index contributed by atoms with van der Waals surface area (Å²) in [5, 5.41) is 12.2. The highest BCUT2D eigenvalue weighted by atomic mass is 32.2. The van der Waals surface area contributed by atoms with Crippen LogP contribution in [0, 0.1) is 5.92 Å². The summed E-state index contributed by atoms with van der Waals surface area (Å²) in [6, 6.07) is 4.78. The molecule has 1 aliphatic heterocycles. The van der Waals surface area contributed by atoms with Crippen LogP contribution in [0.1, 0.15) is 23.2 Å². The third-order valence-electron chi connectivity index (χ3n) is 3.22. The molecular formula is C13H18N2O2S. The Kier molecular flexibility index (Phi) is 4.36. The lowest BCUT2D eigenvalue weighted by Gasteiger charge is -2.22. The standard InChI is InChI=1S/C13H18N2O2S/c14-11-2-1-10(13(16)17)7-12(11)15-8-9-3-5-18-6-4-9/h1-2,7,9,15H,3-6,8,14H2,(H,16,17). The van der Waals surface area contributed by atoms with Crippen LogP contribution in [0.25, 0.3) is 0 Å². The van der Waals surface area contributed by atoms with E-state index in [1.54, 1.807) is 12.1 Å². The molecule has 1 aromatic carbocycles. The highest BCUT2D eigenvalue weighted by Gasteiger charge is 2.14. The Morgan fingerprint density at radius 1 is 1.44 bits per heavy atom. The second kappa shape index (κ2) is 6.00. The number of carboxylic acids is 1. The SMILES string of the molecule is Nc1ccc(C(=O)O)cc1NCC1CCSCC1. The lowest BCUT2D eigenvalue weighted by molar-refractivity contribution is 0.0697. The van der Waals surface area contributed by atoms with E-state index < -0.39 is 5.97 Å². The summed E-state index contributed by atoms with van der Waals surface area (Å²) in [7, 11) is 0. The number of rotatable bonds is 4. The molecule has 1 fully saturated rings. The first-order valence-electron chi connectivity index (χ1n) is 6.11. The average molecular weight is 266 g/mol. The summed E-state index contributed by atoms with van der Waals surface area (Å²) in [5.74, 6) is 2.18. The van der Waals surface area contributed by atoms with Crippen LogP contribution in [0.4, 0.5) is 11.4 Å². The minimum absolute atomic E-state index is 0.269. The third kappa shape index (κ3) is 3.32. The Morgan fingerprint density at radius 3 is 2.83 bits per heavy atom. The van der Waals surface area contributed by atoms with Crippen LogP contribution in [-0.4, -0.2) is 29.1 Å². The fourth-order valence-corrected chi connectivity index (χ4v) is 3.25. The molecule has 1 heterocycles. The molecule has 0 atom stereocenters. The average Bonchev–Trinajstić information content (AvgIpc) is 2.38. The van der Waals surface area contributed by atoms with Crippen molar-refractivity contribution < 1.29 is 9.90 Å². The van der Waals surface area contributed by atoms with E-state index in [1.807, 2.05) is 11.8 Å². The predicted molar refractivity (Wildman–Crippen MR) is 76.4 cm³/mol. The number of thioether (sulfide) groups is 1. The van der Waals surface area contributed by atoms with Crippen molar-refractivity contribution in [3.05, 3.63) is 23.8 Å². The molecule has 1 saturated heterocycles. The normalized spacial score (nSPS) is 16.4. The Labute approximate surface area is 111 Å². The first-order valence-corrected chi connectivity index (χ1v) is 7.26. The number of carboxylic acid groups (broad SMARTS) is 1. The van der Waals surface area contributed by atoms with Crippen LogP contribution in [0.15, 0.2) is 18.2 Å². The summed E-state index contributed by atoms with van der Waals surface area (Å²) < 4.78 is 0. The maximum absolute atomic E-state index is 10.9. The fraction of sp³-hybridized carbons (Fsp3) is 0.462. The van der Waals surface area contributed by atoms with Gasteiger partial charge < -0.3 is 16.2 Å². The van der Waals surface area contributed by atoms with Crippen molar-refractivity contribution >= 4 is 29.1 Å². The number of nitrogens with one attached hydrogen (secondary N) is 1. The minimum atomic E-state index is -0.924. The Hall–Kier alpha value is -1.36. The smallest absolute Gasteiger partial charge is 0.335 e. The maximum Gasteiger partial charge on any atom is 0.335 e. The van der Waals surface area contributed by atoms with Gasteiger partial charge in [0.25, 0.3) is 0 Å². The van der Waals surface area contributed by atoms with E-state index in [2.05, 4.69) is 5.32 Å². The molecule has 0 saturated carbocycles. The molecule has 5 heteroatoms. The van der Waals surface area contributed by atoms with Gasteiger partial charge in [0.05, 0.1) is 16.9 Å². The van der Waals surface area contributed by atoms with Crippen LogP contribution in [0.2, 0.25) is 0 Å². The van der Waals surface area contributed by atoms with Crippen LogP contribution >= 0.6 is 11.8 Å². The first-order chi connectivity index (χ1) is 8.66. The number of hydrogen-bond acceptors (Lipinski definition) is 4. The molecular weight excluding hydrogens is 248 g/mol. The van der Waals surface area contributed by atoms with Crippen LogP contribution in [0.3, 0.4) is 0 Å². The molecule has 0 spiro atoms. The monoisotopic (exact) mass is 266 g/mol. The van der Waals surface area contributed by atoms with Crippen molar-refractivity contribution in [3.63, 3.8) is 0 Å². The molecule has 98 valence electrons. The number of aromatic carboxylic acids is 1. The predicted octanol–water partition coefficient (Wildman–Crippen LogP) is 2.52. The van der Waals surface area contributed by atoms with Crippen LogP contribution in [-0.2, 0) is 0 Å². The molecule has 2 rings (SSSR count). The largest absolute Gasteiger partial charge is 0.478 e. The molecule has 1 aliphatic rings. The van der Waals surface area contributed by atoms with Crippen molar-refractivity contribution in [2.24, 2.45) is 5.92 Å². The Balaban J connectivity index is 1.99. The van der Waals surface area contributed by atoms with E-state index in [9.17, 15) is 4.79 Å². The molecule has 0 amide bonds. The van der Waals surface area contributed by atoms with Crippen molar-refractivity contribution in [2.45, 2.75) is 12.8 Å². The van der Waals surface area contributed by atoms with E-state index in [4.69, 9.17) is 10.8 Å². The Morgan fingerprint density at radius 2 is 2.17 bits per heavy atom.